The predicted molar refractivity (Wildman–Crippen MR) is 185 cm³/mol. The van der Waals surface area contributed by atoms with Crippen molar-refractivity contribution in [1.29, 1.82) is 0 Å². The number of aromatic nitrogens is 3. The van der Waals surface area contributed by atoms with E-state index in [4.69, 9.17) is 9.47 Å². The molecular weight excluding hydrogens is 688 g/mol. The van der Waals surface area contributed by atoms with E-state index < -0.39 is 54.0 Å². The van der Waals surface area contributed by atoms with Crippen LogP contribution in [0.25, 0.3) is 0 Å². The Hall–Kier alpha value is -5.84. The monoisotopic (exact) mass is 730 g/mol. The van der Waals surface area contributed by atoms with Gasteiger partial charge in [0.15, 0.2) is 11.5 Å². The predicted octanol–water partition coefficient (Wildman–Crippen LogP) is -0.434. The Morgan fingerprint density at radius 1 is 1.02 bits per heavy atom. The molecule has 0 radical (unpaired) electrons. The molecule has 0 aliphatic carbocycles. The van der Waals surface area contributed by atoms with Crippen molar-refractivity contribution in [1.82, 2.24) is 40.7 Å². The highest BCUT2D eigenvalue weighted by atomic mass is 16.5. The number of aliphatic hydroxyl groups is 1. The summed E-state index contributed by atoms with van der Waals surface area (Å²) in [6.07, 6.45) is 2.50. The van der Waals surface area contributed by atoms with Crippen LogP contribution in [0.4, 0.5) is 0 Å². The maximum atomic E-state index is 13.3. The van der Waals surface area contributed by atoms with Gasteiger partial charge in [0.25, 0.3) is 5.91 Å². The number of methoxy groups -OCH3 is 2. The fourth-order valence-electron chi connectivity index (χ4n) is 7.04. The van der Waals surface area contributed by atoms with Crippen molar-refractivity contribution < 1.29 is 43.3 Å². The first-order valence-corrected chi connectivity index (χ1v) is 17.4. The van der Waals surface area contributed by atoms with Crippen molar-refractivity contribution in [3.8, 4) is 11.5 Å². The molecule has 17 heteroatoms. The minimum atomic E-state index is -0.958. The van der Waals surface area contributed by atoms with E-state index in [2.05, 4.69) is 26.3 Å². The van der Waals surface area contributed by atoms with Gasteiger partial charge < -0.3 is 40.3 Å². The molecule has 53 heavy (non-hydrogen) atoms. The molecule has 2 fully saturated rings. The second-order valence-corrected chi connectivity index (χ2v) is 13.3. The van der Waals surface area contributed by atoms with Crippen LogP contribution in [0.1, 0.15) is 53.6 Å². The molecule has 0 bridgehead atoms. The number of likely N-dealkylation sites (tertiary alicyclic amines) is 1. The zero-order valence-corrected chi connectivity index (χ0v) is 29.5. The van der Waals surface area contributed by atoms with Crippen LogP contribution < -0.4 is 25.4 Å². The van der Waals surface area contributed by atoms with E-state index in [1.54, 1.807) is 34.0 Å². The van der Waals surface area contributed by atoms with Crippen molar-refractivity contribution >= 4 is 35.3 Å². The number of aliphatic hydroxyl groups excluding tert-OH is 1. The number of nitrogens with one attached hydrogen (secondary N) is 3. The van der Waals surface area contributed by atoms with Crippen LogP contribution in [0.5, 0.6) is 11.5 Å². The van der Waals surface area contributed by atoms with Gasteiger partial charge in [0.2, 0.25) is 29.4 Å². The molecule has 5 amide bonds. The lowest BCUT2D eigenvalue weighted by atomic mass is 10.00. The third-order valence-corrected chi connectivity index (χ3v) is 9.87. The minimum Gasteiger partial charge on any atom is -0.493 e. The van der Waals surface area contributed by atoms with E-state index in [0.29, 0.717) is 55.2 Å². The van der Waals surface area contributed by atoms with Crippen molar-refractivity contribution in [3.63, 3.8) is 0 Å². The van der Waals surface area contributed by atoms with Gasteiger partial charge in [-0.1, -0.05) is 29.5 Å². The molecular formula is C36H42N8O9. The molecule has 0 spiro atoms. The Morgan fingerprint density at radius 2 is 1.83 bits per heavy atom. The van der Waals surface area contributed by atoms with Crippen LogP contribution in [0.15, 0.2) is 42.6 Å². The third-order valence-electron chi connectivity index (χ3n) is 9.87. The standard InChI is InChI=1S/C36H42N8O9/c1-52-29-9-8-21(11-30(29)53-2)14-37-36(51)33(48)28-7-4-10-44(28)32(47)15-38-35(50)27-12-24(34(49)39-27)13-31(46)42-16-22-5-3-6-23(26(22)19-42)17-43-18-25(20-45)40-41-43/h3,5-6,8-9,11,18,24,27-28,45H,4,7,10,12-17,19-20H2,1-2H3,(H,37,51)(H,38,50)(H,39,49)/t24-,27?,28?/m0/s1. The molecule has 2 unspecified atom stereocenters. The minimum absolute atomic E-state index is 0.0617. The van der Waals surface area contributed by atoms with Gasteiger partial charge in [-0.05, 0) is 53.6 Å². The molecule has 3 aromatic rings. The average molecular weight is 731 g/mol. The maximum absolute atomic E-state index is 13.3. The molecule has 3 aliphatic heterocycles. The molecule has 280 valence electrons. The molecule has 6 rings (SSSR count). The number of carbonyl (C=O) groups is 6. The zero-order valence-electron chi connectivity index (χ0n) is 29.5. The fraction of sp³-hybridized carbons (Fsp3) is 0.444. The molecule has 17 nitrogen and oxygen atoms in total. The van der Waals surface area contributed by atoms with E-state index in [1.807, 2.05) is 18.2 Å². The number of rotatable bonds is 14. The van der Waals surface area contributed by atoms with Gasteiger partial charge in [-0.25, -0.2) is 4.68 Å². The fourth-order valence-corrected chi connectivity index (χ4v) is 7.04. The normalized spacial score (nSPS) is 19.1. The maximum Gasteiger partial charge on any atom is 0.289 e. The summed E-state index contributed by atoms with van der Waals surface area (Å²) in [6.45, 7) is 0.868. The summed E-state index contributed by atoms with van der Waals surface area (Å²) >= 11 is 0. The summed E-state index contributed by atoms with van der Waals surface area (Å²) in [5, 5.41) is 25.0. The summed E-state index contributed by atoms with van der Waals surface area (Å²) in [7, 11) is 3.00. The summed E-state index contributed by atoms with van der Waals surface area (Å²) in [5.74, 6) is -3.03. The zero-order chi connectivity index (χ0) is 37.6. The number of benzene rings is 2. The second-order valence-electron chi connectivity index (χ2n) is 13.3. The summed E-state index contributed by atoms with van der Waals surface area (Å²) < 4.78 is 12.1. The van der Waals surface area contributed by atoms with Crippen LogP contribution in [-0.4, -0.2) is 105 Å². The van der Waals surface area contributed by atoms with Crippen LogP contribution in [0, 0.1) is 5.92 Å². The third kappa shape index (κ3) is 8.30. The quantitative estimate of drug-likeness (QED) is 0.156. The lowest BCUT2D eigenvalue weighted by molar-refractivity contribution is -0.144. The Balaban J connectivity index is 0.958. The first-order valence-electron chi connectivity index (χ1n) is 17.4. The van der Waals surface area contributed by atoms with E-state index in [0.717, 1.165) is 16.7 Å². The molecule has 2 saturated heterocycles. The van der Waals surface area contributed by atoms with Gasteiger partial charge in [-0.2, -0.15) is 0 Å². The van der Waals surface area contributed by atoms with Gasteiger partial charge in [-0.15, -0.1) is 5.10 Å². The van der Waals surface area contributed by atoms with Crippen LogP contribution in [0.2, 0.25) is 0 Å². The van der Waals surface area contributed by atoms with Crippen molar-refractivity contribution in [2.24, 2.45) is 5.92 Å². The van der Waals surface area contributed by atoms with Gasteiger partial charge >= 0.3 is 0 Å². The molecule has 4 N–H and O–H groups in total. The Kier molecular flexibility index (Phi) is 11.3. The van der Waals surface area contributed by atoms with Gasteiger partial charge in [0, 0.05) is 38.5 Å². The highest BCUT2D eigenvalue weighted by molar-refractivity contribution is 6.38. The number of nitrogens with zero attached hydrogens (tertiary/aromatic N) is 5. The summed E-state index contributed by atoms with van der Waals surface area (Å²) in [4.78, 5) is 81.1. The van der Waals surface area contributed by atoms with Gasteiger partial charge in [-0.3, -0.25) is 28.8 Å². The second kappa shape index (κ2) is 16.2. The number of hydrogen-bond acceptors (Lipinski definition) is 11. The van der Waals surface area contributed by atoms with E-state index in [9.17, 15) is 33.9 Å². The Bertz CT molecular complexity index is 1910. The van der Waals surface area contributed by atoms with Crippen LogP contribution in [-0.2, 0) is 61.6 Å². The number of ether oxygens (including phenoxy) is 2. The van der Waals surface area contributed by atoms with Crippen molar-refractivity contribution in [2.75, 3.05) is 27.3 Å². The lowest BCUT2D eigenvalue weighted by Crippen LogP contribution is -2.50. The summed E-state index contributed by atoms with van der Waals surface area (Å²) in [6, 6.07) is 9.03. The largest absolute Gasteiger partial charge is 0.493 e. The lowest BCUT2D eigenvalue weighted by Gasteiger charge is -2.23. The molecule has 1 aromatic heterocycles. The topological polar surface area (TPSA) is 214 Å². The first-order chi connectivity index (χ1) is 25.6. The number of ketones is 1. The van der Waals surface area contributed by atoms with E-state index in [-0.39, 0.29) is 38.4 Å². The highest BCUT2D eigenvalue weighted by Gasteiger charge is 2.40. The number of fused-ring (bicyclic) bond motifs is 1. The molecule has 3 atom stereocenters. The average Bonchev–Trinajstić information content (AvgIpc) is 3.99. The van der Waals surface area contributed by atoms with Crippen molar-refractivity contribution in [2.45, 2.75) is 70.6 Å². The van der Waals surface area contributed by atoms with Gasteiger partial charge in [0.1, 0.15) is 17.8 Å². The molecule has 2 aromatic carbocycles. The number of Topliss-reactive ketones (excluding diaryl/α,β-unsaturated/α-hetero) is 1. The smallest absolute Gasteiger partial charge is 0.289 e. The molecule has 0 saturated carbocycles. The van der Waals surface area contributed by atoms with Crippen molar-refractivity contribution in [3.05, 3.63) is 70.5 Å². The molecule has 4 heterocycles. The Morgan fingerprint density at radius 3 is 2.58 bits per heavy atom. The SMILES string of the molecule is COc1ccc(CNC(=O)C(=O)C2CCCN2C(=O)CNC(=O)C2C[C@@H](CC(=O)N3Cc4cccc(Cn5cc(CO)nn5)c4C3)C(=O)N2)cc1OC. The Labute approximate surface area is 305 Å². The summed E-state index contributed by atoms with van der Waals surface area (Å²) in [5.41, 5.74) is 4.10. The number of amides is 5. The van der Waals surface area contributed by atoms with E-state index >= 15 is 0 Å². The van der Waals surface area contributed by atoms with E-state index in [1.165, 1.54) is 19.1 Å². The molecule has 3 aliphatic rings. The van der Waals surface area contributed by atoms with Crippen LogP contribution in [0.3, 0.4) is 0 Å². The highest BCUT2D eigenvalue weighted by Crippen LogP contribution is 2.30. The van der Waals surface area contributed by atoms with Crippen LogP contribution >= 0.6 is 0 Å². The number of hydrogen-bond donors (Lipinski definition) is 4. The number of carbonyl (C=O) groups excluding carboxylic acids is 6. The van der Waals surface area contributed by atoms with Gasteiger partial charge in [0.05, 0.1) is 40.1 Å². The first kappa shape index (κ1) is 36.9.